The van der Waals surface area contributed by atoms with Crippen molar-refractivity contribution in [2.75, 3.05) is 21.2 Å². The van der Waals surface area contributed by atoms with Gasteiger partial charge >= 0.3 is 0 Å². The average molecular weight is 279 g/mol. The second kappa shape index (κ2) is 6.13. The van der Waals surface area contributed by atoms with Crippen LogP contribution in [0.15, 0.2) is 6.07 Å². The van der Waals surface area contributed by atoms with E-state index in [1.807, 2.05) is 13.8 Å². The molecule has 0 aromatic heterocycles. The second-order valence-electron chi connectivity index (χ2n) is 6.29. The van der Waals surface area contributed by atoms with Gasteiger partial charge in [0.15, 0.2) is 0 Å². The number of aryl methyl sites for hydroxylation is 1. The fraction of sp³-hybridized carbons (Fsp3) is 0.647. The lowest BCUT2D eigenvalue weighted by Crippen LogP contribution is -2.27. The molecule has 1 atom stereocenters. The molecular formula is C17H26FNO. The smallest absolute Gasteiger partial charge is 0.133 e. The maximum atomic E-state index is 14.9. The van der Waals surface area contributed by atoms with E-state index in [1.54, 1.807) is 7.11 Å². The predicted molar refractivity (Wildman–Crippen MR) is 81.2 cm³/mol. The molecule has 0 saturated carbocycles. The van der Waals surface area contributed by atoms with Crippen LogP contribution in [0, 0.1) is 5.82 Å². The minimum Gasteiger partial charge on any atom is -0.496 e. The van der Waals surface area contributed by atoms with Gasteiger partial charge in [0.05, 0.1) is 7.11 Å². The van der Waals surface area contributed by atoms with Gasteiger partial charge in [-0.15, -0.1) is 0 Å². The van der Waals surface area contributed by atoms with E-state index in [2.05, 4.69) is 25.1 Å². The van der Waals surface area contributed by atoms with Crippen LogP contribution in [0.2, 0.25) is 0 Å². The van der Waals surface area contributed by atoms with Crippen LogP contribution in [0.4, 0.5) is 4.39 Å². The number of halogens is 1. The largest absolute Gasteiger partial charge is 0.496 e. The van der Waals surface area contributed by atoms with E-state index >= 15 is 0 Å². The Morgan fingerprint density at radius 1 is 1.25 bits per heavy atom. The van der Waals surface area contributed by atoms with E-state index in [0.29, 0.717) is 11.8 Å². The predicted octanol–water partition coefficient (Wildman–Crippen LogP) is 3.77. The monoisotopic (exact) mass is 279 g/mol. The number of nitrogens with zero attached hydrogens (tertiary/aromatic N) is 1. The van der Waals surface area contributed by atoms with Gasteiger partial charge in [0, 0.05) is 11.6 Å². The minimum absolute atomic E-state index is 0.0336. The molecular weight excluding hydrogens is 253 g/mol. The molecule has 2 rings (SSSR count). The summed E-state index contributed by atoms with van der Waals surface area (Å²) in [6.45, 7) is 4.04. The fourth-order valence-corrected chi connectivity index (χ4v) is 3.23. The zero-order chi connectivity index (χ0) is 14.9. The molecule has 112 valence electrons. The van der Waals surface area contributed by atoms with Crippen LogP contribution in [0.3, 0.4) is 0 Å². The summed E-state index contributed by atoms with van der Waals surface area (Å²) in [5.74, 6) is 0.816. The van der Waals surface area contributed by atoms with E-state index < -0.39 is 0 Å². The number of benzene rings is 1. The van der Waals surface area contributed by atoms with Gasteiger partial charge in [-0.05, 0) is 62.9 Å². The molecule has 1 aliphatic carbocycles. The van der Waals surface area contributed by atoms with Crippen LogP contribution < -0.4 is 4.74 Å². The van der Waals surface area contributed by atoms with E-state index in [0.717, 1.165) is 42.4 Å². The standard InChI is InChI=1S/C17H26FNO/c1-11(2)16-15(20-5)10-12-6-7-13(19(3)4)8-9-14(12)17(16)18/h10-11,13H,6-9H2,1-5H3/t13-/m0/s1. The molecule has 0 bridgehead atoms. The van der Waals surface area contributed by atoms with Crippen LogP contribution in [-0.2, 0) is 12.8 Å². The third-order valence-corrected chi connectivity index (χ3v) is 4.46. The summed E-state index contributed by atoms with van der Waals surface area (Å²) in [5, 5.41) is 0. The topological polar surface area (TPSA) is 12.5 Å². The van der Waals surface area contributed by atoms with Gasteiger partial charge in [-0.1, -0.05) is 13.8 Å². The van der Waals surface area contributed by atoms with Crippen LogP contribution in [0.25, 0.3) is 0 Å². The van der Waals surface area contributed by atoms with E-state index in [4.69, 9.17) is 4.74 Å². The number of hydrogen-bond donors (Lipinski definition) is 0. The summed E-state index contributed by atoms with van der Waals surface area (Å²) >= 11 is 0. The first kappa shape index (κ1) is 15.3. The van der Waals surface area contributed by atoms with Gasteiger partial charge in [-0.3, -0.25) is 0 Å². The molecule has 0 unspecified atom stereocenters. The summed E-state index contributed by atoms with van der Waals surface area (Å²) in [6, 6.07) is 2.60. The van der Waals surface area contributed by atoms with Crippen molar-refractivity contribution >= 4 is 0 Å². The SMILES string of the molecule is COc1cc2c(c(F)c1C(C)C)CC[C@@H](N(C)C)CC2. The zero-order valence-corrected chi connectivity index (χ0v) is 13.3. The third kappa shape index (κ3) is 2.83. The molecule has 0 saturated heterocycles. The Labute approximate surface area is 121 Å². The Balaban J connectivity index is 2.43. The van der Waals surface area contributed by atoms with Crippen molar-refractivity contribution in [2.45, 2.75) is 51.5 Å². The van der Waals surface area contributed by atoms with Crippen molar-refractivity contribution in [3.63, 3.8) is 0 Å². The Morgan fingerprint density at radius 3 is 2.45 bits per heavy atom. The first-order chi connectivity index (χ1) is 9.45. The second-order valence-corrected chi connectivity index (χ2v) is 6.29. The van der Waals surface area contributed by atoms with Crippen LogP contribution in [0.5, 0.6) is 5.75 Å². The molecule has 0 fully saturated rings. The van der Waals surface area contributed by atoms with E-state index in [9.17, 15) is 4.39 Å². The minimum atomic E-state index is -0.0336. The van der Waals surface area contributed by atoms with Crippen molar-refractivity contribution < 1.29 is 9.13 Å². The van der Waals surface area contributed by atoms with Gasteiger partial charge in [-0.25, -0.2) is 4.39 Å². The van der Waals surface area contributed by atoms with Crippen molar-refractivity contribution in [1.29, 1.82) is 0 Å². The number of methoxy groups -OCH3 is 1. The lowest BCUT2D eigenvalue weighted by atomic mass is 9.93. The average Bonchev–Trinajstić information content (AvgIpc) is 2.60. The molecule has 20 heavy (non-hydrogen) atoms. The summed E-state index contributed by atoms with van der Waals surface area (Å²) in [5.41, 5.74) is 2.78. The molecule has 1 aliphatic rings. The van der Waals surface area contributed by atoms with Crippen LogP contribution >= 0.6 is 0 Å². The van der Waals surface area contributed by atoms with Crippen molar-refractivity contribution in [1.82, 2.24) is 4.90 Å². The van der Waals surface area contributed by atoms with E-state index in [1.165, 1.54) is 0 Å². The Morgan fingerprint density at radius 2 is 1.90 bits per heavy atom. The molecule has 0 aliphatic heterocycles. The normalized spacial score (nSPS) is 19.1. The molecule has 3 heteroatoms. The molecule has 1 aromatic rings. The fourth-order valence-electron chi connectivity index (χ4n) is 3.23. The maximum absolute atomic E-state index is 14.9. The highest BCUT2D eigenvalue weighted by atomic mass is 19.1. The first-order valence-corrected chi connectivity index (χ1v) is 7.50. The van der Waals surface area contributed by atoms with Crippen molar-refractivity contribution in [3.8, 4) is 5.75 Å². The lowest BCUT2D eigenvalue weighted by Gasteiger charge is -2.22. The van der Waals surface area contributed by atoms with Crippen LogP contribution in [-0.4, -0.2) is 32.1 Å². The first-order valence-electron chi connectivity index (χ1n) is 7.50. The molecule has 0 heterocycles. The lowest BCUT2D eigenvalue weighted by molar-refractivity contribution is 0.268. The van der Waals surface area contributed by atoms with Gasteiger partial charge < -0.3 is 9.64 Å². The van der Waals surface area contributed by atoms with E-state index in [-0.39, 0.29) is 11.7 Å². The van der Waals surface area contributed by atoms with Gasteiger partial charge in [0.2, 0.25) is 0 Å². The zero-order valence-electron chi connectivity index (χ0n) is 13.3. The number of rotatable bonds is 3. The van der Waals surface area contributed by atoms with Crippen molar-refractivity contribution in [2.24, 2.45) is 0 Å². The molecule has 0 spiro atoms. The molecule has 1 aromatic carbocycles. The highest BCUT2D eigenvalue weighted by molar-refractivity contribution is 5.46. The van der Waals surface area contributed by atoms with Crippen molar-refractivity contribution in [3.05, 3.63) is 28.6 Å². The number of fused-ring (bicyclic) bond motifs is 1. The quantitative estimate of drug-likeness (QED) is 0.781. The molecule has 2 nitrogen and oxygen atoms in total. The molecule has 0 radical (unpaired) electrons. The van der Waals surface area contributed by atoms with Gasteiger partial charge in [-0.2, -0.15) is 0 Å². The Kier molecular flexibility index (Phi) is 4.69. The highest BCUT2D eigenvalue weighted by Crippen LogP contribution is 2.36. The highest BCUT2D eigenvalue weighted by Gasteiger charge is 2.25. The van der Waals surface area contributed by atoms with Crippen LogP contribution in [0.1, 0.15) is 49.3 Å². The Bertz CT molecular complexity index is 482. The number of hydrogen-bond acceptors (Lipinski definition) is 2. The third-order valence-electron chi connectivity index (χ3n) is 4.46. The number of ether oxygens (including phenoxy) is 1. The summed E-state index contributed by atoms with van der Waals surface area (Å²) < 4.78 is 20.3. The summed E-state index contributed by atoms with van der Waals surface area (Å²) in [7, 11) is 5.85. The molecule has 0 amide bonds. The van der Waals surface area contributed by atoms with Gasteiger partial charge in [0.1, 0.15) is 11.6 Å². The summed E-state index contributed by atoms with van der Waals surface area (Å²) in [4.78, 5) is 2.25. The molecule has 0 N–H and O–H groups in total. The Hall–Kier alpha value is -1.09. The van der Waals surface area contributed by atoms with Gasteiger partial charge in [0.25, 0.3) is 0 Å². The maximum Gasteiger partial charge on any atom is 0.133 e. The summed E-state index contributed by atoms with van der Waals surface area (Å²) in [6.07, 6.45) is 3.88.